The second-order valence-corrected chi connectivity index (χ2v) is 7.75. The second-order valence-electron chi connectivity index (χ2n) is 7.75. The van der Waals surface area contributed by atoms with Crippen molar-refractivity contribution < 1.29 is 32.2 Å². The van der Waals surface area contributed by atoms with Crippen LogP contribution in [-0.2, 0) is 15.8 Å². The van der Waals surface area contributed by atoms with E-state index in [1.165, 1.54) is 32.4 Å². The molecule has 0 fully saturated rings. The molecule has 1 unspecified atom stereocenters. The molecule has 0 spiro atoms. The molecule has 2 aromatic rings. The van der Waals surface area contributed by atoms with Crippen molar-refractivity contribution in [1.82, 2.24) is 0 Å². The van der Waals surface area contributed by atoms with Crippen molar-refractivity contribution >= 4 is 17.4 Å². The van der Waals surface area contributed by atoms with E-state index in [0.29, 0.717) is 41.2 Å². The highest BCUT2D eigenvalue weighted by molar-refractivity contribution is 6.08. The number of hydrogen-bond donors (Lipinski definition) is 0. The number of ether oxygens (including phenoxy) is 2. The molecule has 1 atom stereocenters. The van der Waals surface area contributed by atoms with Gasteiger partial charge < -0.3 is 9.47 Å². The third kappa shape index (κ3) is 3.74. The van der Waals surface area contributed by atoms with Gasteiger partial charge in [0.15, 0.2) is 5.78 Å². The first kappa shape index (κ1) is 21.9. The van der Waals surface area contributed by atoms with Gasteiger partial charge in [-0.1, -0.05) is 18.2 Å². The Hall–Kier alpha value is -3.29. The molecule has 2 aromatic carbocycles. The monoisotopic (exact) mass is 445 g/mol. The van der Waals surface area contributed by atoms with E-state index in [2.05, 4.69) is 0 Å². The molecule has 0 aromatic heterocycles. The van der Waals surface area contributed by atoms with E-state index >= 15 is 0 Å². The van der Waals surface area contributed by atoms with E-state index in [1.807, 2.05) is 0 Å². The smallest absolute Gasteiger partial charge is 0.418 e. The van der Waals surface area contributed by atoms with Gasteiger partial charge in [-0.3, -0.25) is 14.5 Å². The van der Waals surface area contributed by atoms with Crippen molar-refractivity contribution in [3.63, 3.8) is 0 Å². The number of amides is 1. The van der Waals surface area contributed by atoms with Crippen LogP contribution in [0.1, 0.15) is 42.7 Å². The summed E-state index contributed by atoms with van der Waals surface area (Å²) in [6, 6.07) is 10.1. The van der Waals surface area contributed by atoms with Crippen LogP contribution in [0.2, 0.25) is 0 Å². The molecule has 4 rings (SSSR count). The number of para-hydroxylation sites is 1. The summed E-state index contributed by atoms with van der Waals surface area (Å²) in [6.45, 7) is 0. The summed E-state index contributed by atoms with van der Waals surface area (Å²) < 4.78 is 51.8. The Balaban J connectivity index is 1.90. The molecule has 1 amide bonds. The Bertz CT molecular complexity index is 1110. The summed E-state index contributed by atoms with van der Waals surface area (Å²) in [5, 5.41) is 0. The summed E-state index contributed by atoms with van der Waals surface area (Å²) in [4.78, 5) is 27.4. The van der Waals surface area contributed by atoms with E-state index in [4.69, 9.17) is 9.47 Å². The molecule has 0 saturated carbocycles. The van der Waals surface area contributed by atoms with Gasteiger partial charge in [-0.15, -0.1) is 0 Å². The molecule has 8 heteroatoms. The summed E-state index contributed by atoms with van der Waals surface area (Å²) >= 11 is 0. The zero-order valence-electron chi connectivity index (χ0n) is 17.7. The molecule has 32 heavy (non-hydrogen) atoms. The topological polar surface area (TPSA) is 55.8 Å². The number of ketones is 1. The van der Waals surface area contributed by atoms with Crippen molar-refractivity contribution in [2.24, 2.45) is 0 Å². The lowest BCUT2D eigenvalue weighted by atomic mass is 9.76. The fraction of sp³-hybridized carbons (Fsp3) is 0.333. The molecule has 1 heterocycles. The predicted octanol–water partition coefficient (Wildman–Crippen LogP) is 5.25. The summed E-state index contributed by atoms with van der Waals surface area (Å²) in [5.41, 5.74) is 0.215. The molecule has 1 aliphatic carbocycles. The van der Waals surface area contributed by atoms with Crippen LogP contribution < -0.4 is 14.4 Å². The summed E-state index contributed by atoms with van der Waals surface area (Å²) in [7, 11) is 2.99. The van der Waals surface area contributed by atoms with Crippen LogP contribution >= 0.6 is 0 Å². The number of allylic oxidation sites excluding steroid dienone is 2. The van der Waals surface area contributed by atoms with Crippen LogP contribution in [0, 0.1) is 0 Å². The highest BCUT2D eigenvalue weighted by Crippen LogP contribution is 2.48. The van der Waals surface area contributed by atoms with Crippen molar-refractivity contribution in [2.45, 2.75) is 37.8 Å². The molecule has 0 N–H and O–H groups in total. The van der Waals surface area contributed by atoms with Crippen LogP contribution in [0.3, 0.4) is 0 Å². The lowest BCUT2D eigenvalue weighted by Crippen LogP contribution is -2.41. The van der Waals surface area contributed by atoms with Crippen LogP contribution in [0.4, 0.5) is 18.9 Å². The number of rotatable bonds is 4. The van der Waals surface area contributed by atoms with E-state index in [1.54, 1.807) is 18.2 Å². The number of methoxy groups -OCH3 is 2. The number of anilines is 1. The van der Waals surface area contributed by atoms with Gasteiger partial charge >= 0.3 is 6.18 Å². The molecule has 0 radical (unpaired) electrons. The Morgan fingerprint density at radius 1 is 1.00 bits per heavy atom. The Morgan fingerprint density at radius 3 is 2.44 bits per heavy atom. The maximum absolute atomic E-state index is 13.7. The highest BCUT2D eigenvalue weighted by Gasteiger charge is 2.43. The van der Waals surface area contributed by atoms with Crippen molar-refractivity contribution in [2.75, 3.05) is 19.1 Å². The second kappa shape index (κ2) is 8.33. The first-order valence-corrected chi connectivity index (χ1v) is 10.2. The first-order valence-electron chi connectivity index (χ1n) is 10.2. The Labute approximate surface area is 183 Å². The Morgan fingerprint density at radius 2 is 1.75 bits per heavy atom. The van der Waals surface area contributed by atoms with Gasteiger partial charge in [0.2, 0.25) is 5.91 Å². The minimum Gasteiger partial charge on any atom is -0.497 e. The molecule has 2 aliphatic rings. The maximum Gasteiger partial charge on any atom is 0.418 e. The summed E-state index contributed by atoms with van der Waals surface area (Å²) in [5.74, 6) is -0.233. The first-order chi connectivity index (χ1) is 15.3. The minimum atomic E-state index is -4.63. The summed E-state index contributed by atoms with van der Waals surface area (Å²) in [6.07, 6.45) is -3.67. The van der Waals surface area contributed by atoms with E-state index in [0.717, 1.165) is 11.0 Å². The van der Waals surface area contributed by atoms with Crippen LogP contribution in [-0.4, -0.2) is 25.9 Å². The molecule has 0 saturated heterocycles. The molecule has 0 bridgehead atoms. The average Bonchev–Trinajstić information content (AvgIpc) is 2.77. The van der Waals surface area contributed by atoms with Gasteiger partial charge in [0, 0.05) is 41.7 Å². The number of halogens is 3. The van der Waals surface area contributed by atoms with Gasteiger partial charge in [0.05, 0.1) is 25.5 Å². The number of nitrogens with zero attached hydrogens (tertiary/aromatic N) is 1. The highest BCUT2D eigenvalue weighted by atomic mass is 19.4. The number of carbonyl (C=O) groups is 2. The van der Waals surface area contributed by atoms with Crippen LogP contribution in [0.25, 0.3) is 0 Å². The largest absolute Gasteiger partial charge is 0.497 e. The SMILES string of the molecule is COc1ccc(C2CC(=O)N(c3ccccc3C(F)(F)F)C3=C2C(=O)CCC3)c(OC)c1. The average molecular weight is 445 g/mol. The van der Waals surface area contributed by atoms with Gasteiger partial charge in [0.1, 0.15) is 11.5 Å². The van der Waals surface area contributed by atoms with E-state index in [-0.39, 0.29) is 24.3 Å². The van der Waals surface area contributed by atoms with E-state index < -0.39 is 23.6 Å². The van der Waals surface area contributed by atoms with Gasteiger partial charge in [-0.25, -0.2) is 0 Å². The van der Waals surface area contributed by atoms with Crippen molar-refractivity contribution in [3.05, 3.63) is 64.9 Å². The molecule has 5 nitrogen and oxygen atoms in total. The molecule has 1 aliphatic heterocycles. The fourth-order valence-electron chi connectivity index (χ4n) is 4.55. The normalized spacial score (nSPS) is 19.2. The third-order valence-electron chi connectivity index (χ3n) is 5.94. The van der Waals surface area contributed by atoms with Crippen LogP contribution in [0.5, 0.6) is 11.5 Å². The fourth-order valence-corrected chi connectivity index (χ4v) is 4.55. The van der Waals surface area contributed by atoms with Gasteiger partial charge in [0.25, 0.3) is 0 Å². The van der Waals surface area contributed by atoms with Crippen molar-refractivity contribution in [3.8, 4) is 11.5 Å². The van der Waals surface area contributed by atoms with Crippen LogP contribution in [0.15, 0.2) is 53.7 Å². The zero-order valence-corrected chi connectivity index (χ0v) is 17.7. The number of carbonyl (C=O) groups excluding carboxylic acids is 2. The lowest BCUT2D eigenvalue weighted by molar-refractivity contribution is -0.137. The predicted molar refractivity (Wildman–Crippen MR) is 112 cm³/mol. The third-order valence-corrected chi connectivity index (χ3v) is 5.94. The number of hydrogen-bond acceptors (Lipinski definition) is 4. The number of benzene rings is 2. The molecular formula is C24H22F3NO4. The Kier molecular flexibility index (Phi) is 5.71. The van der Waals surface area contributed by atoms with Crippen molar-refractivity contribution in [1.29, 1.82) is 0 Å². The molecule has 168 valence electrons. The number of Topliss-reactive ketones (excluding diaryl/α,β-unsaturated/α-hetero) is 1. The maximum atomic E-state index is 13.7. The zero-order chi connectivity index (χ0) is 23.0. The van der Waals surface area contributed by atoms with E-state index in [9.17, 15) is 22.8 Å². The lowest BCUT2D eigenvalue weighted by Gasteiger charge is -2.39. The molecular weight excluding hydrogens is 423 g/mol. The van der Waals surface area contributed by atoms with Gasteiger partial charge in [-0.05, 0) is 31.0 Å². The number of alkyl halides is 3. The standard InChI is InChI=1S/C24H22F3NO4/c1-31-14-10-11-15(21(12-14)32-2)16-13-22(30)28(19-8-5-9-20(29)23(16)19)18-7-4-3-6-17(18)24(25,26)27/h3-4,6-7,10-12,16H,5,8-9,13H2,1-2H3. The quantitative estimate of drug-likeness (QED) is 0.645. The minimum absolute atomic E-state index is 0.139. The van der Waals surface area contributed by atoms with Gasteiger partial charge in [-0.2, -0.15) is 13.2 Å².